The topological polar surface area (TPSA) is 29.1 Å². The van der Waals surface area contributed by atoms with E-state index in [-0.39, 0.29) is 10.4 Å². The van der Waals surface area contributed by atoms with E-state index in [4.69, 9.17) is 23.2 Å². The van der Waals surface area contributed by atoms with Gasteiger partial charge in [-0.2, -0.15) is 0 Å². The first-order valence-electron chi connectivity index (χ1n) is 3.16. The van der Waals surface area contributed by atoms with E-state index >= 15 is 0 Å². The van der Waals surface area contributed by atoms with E-state index < -0.39 is 5.41 Å². The van der Waals surface area contributed by atoms with Crippen molar-refractivity contribution in [1.82, 2.24) is 5.32 Å². The van der Waals surface area contributed by atoms with Crippen molar-refractivity contribution >= 4 is 29.1 Å². The minimum Gasteiger partial charge on any atom is -0.330 e. The molecule has 0 fully saturated rings. The largest absolute Gasteiger partial charge is 0.330 e. The number of amides is 1. The second kappa shape index (κ2) is 3.98. The molecule has 0 aromatic rings. The fourth-order valence-electron chi connectivity index (χ4n) is 0.337. The van der Waals surface area contributed by atoms with Crippen molar-refractivity contribution in [2.75, 3.05) is 0 Å². The second-order valence-corrected chi connectivity index (χ2v) is 4.17. The first-order chi connectivity index (χ1) is 4.84. The van der Waals surface area contributed by atoms with Crippen LogP contribution in [0.4, 0.5) is 0 Å². The summed E-state index contributed by atoms with van der Waals surface area (Å²) >= 11 is 10.6. The Morgan fingerprint density at radius 2 is 1.82 bits per heavy atom. The van der Waals surface area contributed by atoms with Crippen molar-refractivity contribution in [2.45, 2.75) is 20.8 Å². The molecule has 1 amide bonds. The summed E-state index contributed by atoms with van der Waals surface area (Å²) in [5, 5.41) is 2.46. The van der Waals surface area contributed by atoms with Gasteiger partial charge in [-0.15, -0.1) is 0 Å². The molecule has 0 radical (unpaired) electrons. The molecule has 64 valence electrons. The zero-order chi connectivity index (χ0) is 9.07. The van der Waals surface area contributed by atoms with E-state index in [0.29, 0.717) is 0 Å². The summed E-state index contributed by atoms with van der Waals surface area (Å²) in [5.41, 5.74) is -0.417. The first-order valence-corrected chi connectivity index (χ1v) is 3.92. The molecule has 2 nitrogen and oxygen atoms in total. The lowest BCUT2D eigenvalue weighted by atomic mass is 9.96. The molecule has 0 aromatic carbocycles. The summed E-state index contributed by atoms with van der Waals surface area (Å²) in [6, 6.07) is 0. The maximum atomic E-state index is 11.1. The molecular weight excluding hydrogens is 185 g/mol. The van der Waals surface area contributed by atoms with Crippen LogP contribution in [0.1, 0.15) is 20.8 Å². The Morgan fingerprint density at radius 3 is 2.09 bits per heavy atom. The van der Waals surface area contributed by atoms with Gasteiger partial charge in [0.2, 0.25) is 5.91 Å². The number of hydrogen-bond donors (Lipinski definition) is 1. The van der Waals surface area contributed by atoms with Crippen molar-refractivity contribution in [3.05, 3.63) is 10.7 Å². The van der Waals surface area contributed by atoms with Crippen LogP contribution in [0.2, 0.25) is 0 Å². The van der Waals surface area contributed by atoms with E-state index in [1.807, 2.05) is 0 Å². The van der Waals surface area contributed by atoms with E-state index in [0.717, 1.165) is 0 Å². The van der Waals surface area contributed by atoms with Crippen molar-refractivity contribution in [3.8, 4) is 0 Å². The van der Waals surface area contributed by atoms with Crippen LogP contribution < -0.4 is 5.32 Å². The summed E-state index contributed by atoms with van der Waals surface area (Å²) in [4.78, 5) is 11.1. The zero-order valence-electron chi connectivity index (χ0n) is 6.74. The van der Waals surface area contributed by atoms with Gasteiger partial charge in [-0.25, -0.2) is 0 Å². The van der Waals surface area contributed by atoms with Gasteiger partial charge in [0, 0.05) is 11.6 Å². The third kappa shape index (κ3) is 5.10. The summed E-state index contributed by atoms with van der Waals surface area (Å²) < 4.78 is 0.0441. The minimum atomic E-state index is -0.417. The fourth-order valence-corrected chi connectivity index (χ4v) is 0.446. The predicted octanol–water partition coefficient (Wildman–Crippen LogP) is 2.43. The van der Waals surface area contributed by atoms with Gasteiger partial charge in [0.05, 0.1) is 0 Å². The summed E-state index contributed by atoms with van der Waals surface area (Å²) in [6.07, 6.45) is 1.26. The van der Waals surface area contributed by atoms with Crippen LogP contribution in [0.25, 0.3) is 0 Å². The van der Waals surface area contributed by atoms with Crippen LogP contribution in [0.15, 0.2) is 10.7 Å². The second-order valence-electron chi connectivity index (χ2n) is 3.16. The van der Waals surface area contributed by atoms with E-state index in [2.05, 4.69) is 5.32 Å². The minimum absolute atomic E-state index is 0.0441. The number of hydrogen-bond acceptors (Lipinski definition) is 1. The lowest BCUT2D eigenvalue weighted by molar-refractivity contribution is -0.127. The van der Waals surface area contributed by atoms with Gasteiger partial charge in [-0.3, -0.25) is 4.79 Å². The molecular formula is C7H11Cl2NO. The molecule has 0 saturated carbocycles. The highest BCUT2D eigenvalue weighted by Crippen LogP contribution is 2.13. The number of carbonyl (C=O) groups excluding carboxylic acids is 1. The third-order valence-electron chi connectivity index (χ3n) is 0.994. The lowest BCUT2D eigenvalue weighted by Gasteiger charge is -2.15. The highest BCUT2D eigenvalue weighted by Gasteiger charge is 2.19. The van der Waals surface area contributed by atoms with Crippen LogP contribution in [0.3, 0.4) is 0 Å². The van der Waals surface area contributed by atoms with Gasteiger partial charge in [0.15, 0.2) is 0 Å². The van der Waals surface area contributed by atoms with Gasteiger partial charge < -0.3 is 5.32 Å². The third-order valence-corrected chi connectivity index (χ3v) is 1.21. The Bertz CT molecular complexity index is 177. The summed E-state index contributed by atoms with van der Waals surface area (Å²) in [7, 11) is 0. The molecule has 1 N–H and O–H groups in total. The molecule has 11 heavy (non-hydrogen) atoms. The van der Waals surface area contributed by atoms with E-state index in [1.165, 1.54) is 6.20 Å². The van der Waals surface area contributed by atoms with Gasteiger partial charge in [0.25, 0.3) is 0 Å². The molecule has 0 unspecified atom stereocenters. The molecule has 4 heteroatoms. The summed E-state index contributed by atoms with van der Waals surface area (Å²) in [5.74, 6) is -0.115. The zero-order valence-corrected chi connectivity index (χ0v) is 8.25. The van der Waals surface area contributed by atoms with Gasteiger partial charge >= 0.3 is 0 Å². The van der Waals surface area contributed by atoms with Crippen LogP contribution in [-0.2, 0) is 4.79 Å². The highest BCUT2D eigenvalue weighted by molar-refractivity contribution is 6.55. The van der Waals surface area contributed by atoms with Gasteiger partial charge in [-0.1, -0.05) is 44.0 Å². The van der Waals surface area contributed by atoms with Crippen LogP contribution in [-0.4, -0.2) is 5.91 Å². The average Bonchev–Trinajstić information content (AvgIpc) is 1.80. The molecule has 0 aliphatic carbocycles. The number of rotatable bonds is 1. The molecule has 0 rings (SSSR count). The van der Waals surface area contributed by atoms with Crippen molar-refractivity contribution in [2.24, 2.45) is 5.41 Å². The Morgan fingerprint density at radius 1 is 1.36 bits per heavy atom. The Balaban J connectivity index is 4.01. The SMILES string of the molecule is CC(C)(C)C(=O)NC=C(Cl)Cl. The van der Waals surface area contributed by atoms with Gasteiger partial charge in [0.1, 0.15) is 4.49 Å². The normalized spacial score (nSPS) is 10.6. The monoisotopic (exact) mass is 195 g/mol. The van der Waals surface area contributed by atoms with Crippen LogP contribution >= 0.6 is 23.2 Å². The van der Waals surface area contributed by atoms with Crippen LogP contribution in [0.5, 0.6) is 0 Å². The molecule has 0 saturated heterocycles. The van der Waals surface area contributed by atoms with Crippen LogP contribution in [0, 0.1) is 5.41 Å². The summed E-state index contributed by atoms with van der Waals surface area (Å²) in [6.45, 7) is 5.41. The molecule has 0 spiro atoms. The quantitative estimate of drug-likeness (QED) is 0.685. The number of halogens is 2. The Kier molecular flexibility index (Phi) is 3.90. The highest BCUT2D eigenvalue weighted by atomic mass is 35.5. The van der Waals surface area contributed by atoms with E-state index in [9.17, 15) is 4.79 Å². The average molecular weight is 196 g/mol. The van der Waals surface area contributed by atoms with Crippen molar-refractivity contribution < 1.29 is 4.79 Å². The molecule has 0 heterocycles. The van der Waals surface area contributed by atoms with Crippen molar-refractivity contribution in [1.29, 1.82) is 0 Å². The fraction of sp³-hybridized carbons (Fsp3) is 0.571. The van der Waals surface area contributed by atoms with E-state index in [1.54, 1.807) is 20.8 Å². The number of carbonyl (C=O) groups is 1. The predicted molar refractivity (Wildman–Crippen MR) is 47.4 cm³/mol. The maximum Gasteiger partial charge on any atom is 0.229 e. The Labute approximate surface area is 76.6 Å². The molecule has 0 bridgehead atoms. The first kappa shape index (κ1) is 10.8. The Hall–Kier alpha value is -0.210. The maximum absolute atomic E-state index is 11.1. The lowest BCUT2D eigenvalue weighted by Crippen LogP contribution is -2.31. The van der Waals surface area contributed by atoms with Gasteiger partial charge in [-0.05, 0) is 0 Å². The molecule has 0 aromatic heterocycles. The standard InChI is InChI=1S/C7H11Cl2NO/c1-7(2,3)6(11)10-4-5(8)9/h4H,1-3H3,(H,10,11). The molecule has 0 aliphatic heterocycles. The number of nitrogens with one attached hydrogen (secondary N) is 1. The smallest absolute Gasteiger partial charge is 0.229 e. The van der Waals surface area contributed by atoms with Crippen molar-refractivity contribution in [3.63, 3.8) is 0 Å². The molecule has 0 atom stereocenters. The molecule has 0 aliphatic rings.